The second kappa shape index (κ2) is 6.62. The van der Waals surface area contributed by atoms with Crippen molar-refractivity contribution < 1.29 is 9.32 Å². The minimum Gasteiger partial charge on any atom is -0.359 e. The monoisotopic (exact) mass is 333 g/mol. The number of aryl methyl sites for hydroxylation is 2. The SMILES string of the molecule is CC(C)Cc1cc(CNC(=O)C2CCc3nn(C)c(=O)n3C2)on1. The quantitative estimate of drug-likeness (QED) is 0.867. The molecular weight excluding hydrogens is 310 g/mol. The third-order valence-electron chi connectivity index (χ3n) is 4.24. The van der Waals surface area contributed by atoms with Gasteiger partial charge in [0.1, 0.15) is 5.82 Å². The van der Waals surface area contributed by atoms with Crippen LogP contribution in [-0.2, 0) is 37.8 Å². The molecule has 1 aliphatic heterocycles. The highest BCUT2D eigenvalue weighted by Gasteiger charge is 2.27. The first-order valence-corrected chi connectivity index (χ1v) is 8.29. The van der Waals surface area contributed by atoms with Crippen molar-refractivity contribution in [3.05, 3.63) is 33.8 Å². The van der Waals surface area contributed by atoms with E-state index < -0.39 is 0 Å². The van der Waals surface area contributed by atoms with Crippen LogP contribution >= 0.6 is 0 Å². The van der Waals surface area contributed by atoms with Gasteiger partial charge in [0.2, 0.25) is 5.91 Å². The Morgan fingerprint density at radius 2 is 2.29 bits per heavy atom. The van der Waals surface area contributed by atoms with Crippen LogP contribution in [0.4, 0.5) is 0 Å². The van der Waals surface area contributed by atoms with Gasteiger partial charge in [-0.3, -0.25) is 9.36 Å². The van der Waals surface area contributed by atoms with Crippen molar-refractivity contribution in [2.75, 3.05) is 0 Å². The second-order valence-corrected chi connectivity index (χ2v) is 6.77. The molecule has 0 fully saturated rings. The molecule has 130 valence electrons. The Morgan fingerprint density at radius 3 is 3.04 bits per heavy atom. The Bertz CT molecular complexity index is 786. The van der Waals surface area contributed by atoms with E-state index in [1.807, 2.05) is 6.07 Å². The fourth-order valence-corrected chi connectivity index (χ4v) is 3.02. The van der Waals surface area contributed by atoms with Gasteiger partial charge in [0.15, 0.2) is 5.76 Å². The molecule has 0 radical (unpaired) electrons. The van der Waals surface area contributed by atoms with E-state index in [1.165, 1.54) is 4.68 Å². The number of carbonyl (C=O) groups excluding carboxylic acids is 1. The fraction of sp³-hybridized carbons (Fsp3) is 0.625. The van der Waals surface area contributed by atoms with Crippen molar-refractivity contribution in [2.24, 2.45) is 18.9 Å². The molecule has 2 aromatic rings. The molecule has 8 heteroatoms. The molecule has 3 rings (SSSR count). The lowest BCUT2D eigenvalue weighted by Crippen LogP contribution is -2.38. The van der Waals surface area contributed by atoms with E-state index in [9.17, 15) is 9.59 Å². The number of hydrogen-bond donors (Lipinski definition) is 1. The van der Waals surface area contributed by atoms with Crippen LogP contribution in [0.5, 0.6) is 0 Å². The van der Waals surface area contributed by atoms with Gasteiger partial charge in [-0.05, 0) is 18.8 Å². The molecule has 1 N–H and O–H groups in total. The summed E-state index contributed by atoms with van der Waals surface area (Å²) in [5, 5.41) is 11.1. The lowest BCUT2D eigenvalue weighted by Gasteiger charge is -2.21. The van der Waals surface area contributed by atoms with Gasteiger partial charge < -0.3 is 9.84 Å². The molecular formula is C16H23N5O3. The number of carbonyl (C=O) groups is 1. The number of nitrogens with one attached hydrogen (secondary N) is 1. The van der Waals surface area contributed by atoms with Crippen LogP contribution in [0.1, 0.15) is 37.5 Å². The van der Waals surface area contributed by atoms with Gasteiger partial charge in [-0.25, -0.2) is 9.48 Å². The summed E-state index contributed by atoms with van der Waals surface area (Å²) < 4.78 is 8.15. The third-order valence-corrected chi connectivity index (χ3v) is 4.24. The molecule has 1 amide bonds. The zero-order valence-corrected chi connectivity index (χ0v) is 14.3. The van der Waals surface area contributed by atoms with Gasteiger partial charge in [-0.2, -0.15) is 5.10 Å². The van der Waals surface area contributed by atoms with E-state index in [0.29, 0.717) is 37.6 Å². The smallest absolute Gasteiger partial charge is 0.345 e. The van der Waals surface area contributed by atoms with E-state index in [0.717, 1.165) is 17.9 Å². The van der Waals surface area contributed by atoms with Crippen LogP contribution in [0.3, 0.4) is 0 Å². The molecule has 0 saturated heterocycles. The van der Waals surface area contributed by atoms with Crippen molar-refractivity contribution in [2.45, 2.75) is 46.2 Å². The van der Waals surface area contributed by atoms with E-state index >= 15 is 0 Å². The second-order valence-electron chi connectivity index (χ2n) is 6.77. The number of rotatable bonds is 5. The van der Waals surface area contributed by atoms with Gasteiger partial charge >= 0.3 is 5.69 Å². The summed E-state index contributed by atoms with van der Waals surface area (Å²) in [6.07, 6.45) is 2.18. The Kier molecular flexibility index (Phi) is 4.55. The summed E-state index contributed by atoms with van der Waals surface area (Å²) in [5.74, 6) is 1.61. The van der Waals surface area contributed by atoms with E-state index in [4.69, 9.17) is 4.52 Å². The first kappa shape index (κ1) is 16.5. The zero-order chi connectivity index (χ0) is 17.3. The Labute approximate surface area is 139 Å². The molecule has 0 saturated carbocycles. The molecule has 1 unspecified atom stereocenters. The van der Waals surface area contributed by atoms with Crippen molar-refractivity contribution >= 4 is 5.91 Å². The fourth-order valence-electron chi connectivity index (χ4n) is 3.02. The van der Waals surface area contributed by atoms with Crippen LogP contribution in [0.15, 0.2) is 15.4 Å². The predicted molar refractivity (Wildman–Crippen MR) is 86.2 cm³/mol. The lowest BCUT2D eigenvalue weighted by atomic mass is 9.98. The lowest BCUT2D eigenvalue weighted by molar-refractivity contribution is -0.126. The Morgan fingerprint density at radius 1 is 1.50 bits per heavy atom. The number of aromatic nitrogens is 4. The average molecular weight is 333 g/mol. The van der Waals surface area contributed by atoms with Crippen molar-refractivity contribution in [1.29, 1.82) is 0 Å². The topological polar surface area (TPSA) is 95.0 Å². The third kappa shape index (κ3) is 3.42. The number of hydrogen-bond acceptors (Lipinski definition) is 5. The highest BCUT2D eigenvalue weighted by Crippen LogP contribution is 2.17. The van der Waals surface area contributed by atoms with Gasteiger partial charge in [-0.15, -0.1) is 0 Å². The van der Waals surface area contributed by atoms with Gasteiger partial charge in [0, 0.05) is 26.1 Å². The highest BCUT2D eigenvalue weighted by atomic mass is 16.5. The van der Waals surface area contributed by atoms with Crippen LogP contribution in [-0.4, -0.2) is 25.4 Å². The van der Waals surface area contributed by atoms with Crippen LogP contribution in [0.25, 0.3) is 0 Å². The minimum atomic E-state index is -0.225. The summed E-state index contributed by atoms with van der Waals surface area (Å²) in [7, 11) is 1.63. The number of fused-ring (bicyclic) bond motifs is 1. The van der Waals surface area contributed by atoms with Crippen molar-refractivity contribution in [3.8, 4) is 0 Å². The summed E-state index contributed by atoms with van der Waals surface area (Å²) in [6.45, 7) is 4.93. The highest BCUT2D eigenvalue weighted by molar-refractivity contribution is 5.78. The van der Waals surface area contributed by atoms with Crippen LogP contribution < -0.4 is 11.0 Å². The van der Waals surface area contributed by atoms with Gasteiger partial charge in [0.05, 0.1) is 18.2 Å². The maximum Gasteiger partial charge on any atom is 0.345 e. The largest absolute Gasteiger partial charge is 0.359 e. The molecule has 24 heavy (non-hydrogen) atoms. The molecule has 0 aliphatic carbocycles. The van der Waals surface area contributed by atoms with Crippen LogP contribution in [0, 0.1) is 11.8 Å². The van der Waals surface area contributed by atoms with E-state index in [1.54, 1.807) is 11.6 Å². The van der Waals surface area contributed by atoms with Crippen LogP contribution in [0.2, 0.25) is 0 Å². The first-order chi connectivity index (χ1) is 11.4. The molecule has 1 atom stereocenters. The number of nitrogens with zero attached hydrogens (tertiary/aromatic N) is 4. The van der Waals surface area contributed by atoms with Crippen molar-refractivity contribution in [1.82, 2.24) is 24.8 Å². The average Bonchev–Trinajstić information content (AvgIpc) is 3.09. The Balaban J connectivity index is 1.57. The predicted octanol–water partition coefficient (Wildman–Crippen LogP) is 0.647. The Hall–Kier alpha value is -2.38. The van der Waals surface area contributed by atoms with Gasteiger partial charge in [-0.1, -0.05) is 19.0 Å². The van der Waals surface area contributed by atoms with E-state index in [2.05, 4.69) is 29.4 Å². The normalized spacial score (nSPS) is 17.1. The molecule has 3 heterocycles. The minimum absolute atomic E-state index is 0.0711. The summed E-state index contributed by atoms with van der Waals surface area (Å²) in [5.41, 5.74) is 0.731. The van der Waals surface area contributed by atoms with Crippen molar-refractivity contribution in [3.63, 3.8) is 0 Å². The molecule has 1 aliphatic rings. The van der Waals surface area contributed by atoms with E-state index in [-0.39, 0.29) is 17.5 Å². The first-order valence-electron chi connectivity index (χ1n) is 8.29. The maximum atomic E-state index is 12.4. The molecule has 2 aromatic heterocycles. The summed E-state index contributed by atoms with van der Waals surface area (Å²) >= 11 is 0. The zero-order valence-electron chi connectivity index (χ0n) is 14.3. The summed E-state index contributed by atoms with van der Waals surface area (Å²) in [6, 6.07) is 1.88. The van der Waals surface area contributed by atoms with Gasteiger partial charge in [0.25, 0.3) is 0 Å². The molecule has 0 bridgehead atoms. The number of amides is 1. The molecule has 0 spiro atoms. The maximum absolute atomic E-state index is 12.4. The standard InChI is InChI=1S/C16H23N5O3/c1-10(2)6-12-7-13(24-19-12)8-17-15(22)11-4-5-14-18-20(3)16(23)21(14)9-11/h7,10-11H,4-6,8-9H2,1-3H3,(H,17,22). The molecule has 8 nitrogen and oxygen atoms in total. The summed E-state index contributed by atoms with van der Waals surface area (Å²) in [4.78, 5) is 24.3. The molecule has 0 aromatic carbocycles.